The molecule has 34 heavy (non-hydrogen) atoms. The summed E-state index contributed by atoms with van der Waals surface area (Å²) in [6.45, 7) is 3.50. The fraction of sp³-hybridized carbons (Fsp3) is 0.286. The van der Waals surface area contributed by atoms with E-state index in [4.69, 9.17) is 14.3 Å². The zero-order valence-corrected chi connectivity index (χ0v) is 19.6. The molecular weight excluding hydrogens is 426 g/mol. The molecular formula is C28H31N3O3. The number of aryl methyl sites for hydroxylation is 3. The van der Waals surface area contributed by atoms with Gasteiger partial charge in [0, 0.05) is 31.4 Å². The highest BCUT2D eigenvalue weighted by Gasteiger charge is 2.04. The molecule has 0 aliphatic heterocycles. The van der Waals surface area contributed by atoms with Gasteiger partial charge >= 0.3 is 0 Å². The molecule has 0 aliphatic carbocycles. The van der Waals surface area contributed by atoms with Gasteiger partial charge in [0.15, 0.2) is 0 Å². The van der Waals surface area contributed by atoms with Gasteiger partial charge in [0.05, 0.1) is 6.61 Å². The lowest BCUT2D eigenvalue weighted by atomic mass is 10.1. The molecule has 4 aromatic rings. The first-order chi connectivity index (χ1) is 16.7. The predicted octanol–water partition coefficient (Wildman–Crippen LogP) is 5.49. The first-order valence-electron chi connectivity index (χ1n) is 11.7. The minimum atomic E-state index is 0.133. The van der Waals surface area contributed by atoms with E-state index in [0.717, 1.165) is 48.6 Å². The van der Waals surface area contributed by atoms with E-state index in [-0.39, 0.29) is 6.61 Å². The monoisotopic (exact) mass is 457 g/mol. The highest BCUT2D eigenvalue weighted by molar-refractivity contribution is 5.66. The largest absolute Gasteiger partial charge is 0.487 e. The topological polar surface area (TPSA) is 73.3 Å². The van der Waals surface area contributed by atoms with Gasteiger partial charge in [0.25, 0.3) is 0 Å². The Morgan fingerprint density at radius 3 is 2.76 bits per heavy atom. The Hall–Kier alpha value is -3.64. The number of oxazole rings is 1. The van der Waals surface area contributed by atoms with Gasteiger partial charge in [0.2, 0.25) is 5.89 Å². The minimum absolute atomic E-state index is 0.133. The van der Waals surface area contributed by atoms with Crippen LogP contribution in [0.1, 0.15) is 46.9 Å². The van der Waals surface area contributed by atoms with Crippen LogP contribution in [0.5, 0.6) is 5.75 Å². The molecule has 176 valence electrons. The molecule has 0 spiro atoms. The van der Waals surface area contributed by atoms with E-state index in [1.54, 1.807) is 12.5 Å². The van der Waals surface area contributed by atoms with Gasteiger partial charge in [-0.3, -0.25) is 0 Å². The van der Waals surface area contributed by atoms with Gasteiger partial charge in [-0.15, -0.1) is 0 Å². The normalized spacial score (nSPS) is 11.4. The van der Waals surface area contributed by atoms with E-state index in [9.17, 15) is 0 Å². The van der Waals surface area contributed by atoms with E-state index in [0.29, 0.717) is 18.9 Å². The minimum Gasteiger partial charge on any atom is -0.487 e. The number of aliphatic hydroxyl groups is 1. The van der Waals surface area contributed by atoms with E-state index in [2.05, 4.69) is 51.8 Å². The molecule has 0 bridgehead atoms. The lowest BCUT2D eigenvalue weighted by Gasteiger charge is -2.08. The van der Waals surface area contributed by atoms with Crippen LogP contribution in [0, 0.1) is 6.92 Å². The number of hydrogen-bond donors (Lipinski definition) is 1. The lowest BCUT2D eigenvalue weighted by molar-refractivity contribution is 0.294. The van der Waals surface area contributed by atoms with Crippen LogP contribution in [0.3, 0.4) is 0 Å². The van der Waals surface area contributed by atoms with Gasteiger partial charge < -0.3 is 18.8 Å². The summed E-state index contributed by atoms with van der Waals surface area (Å²) in [5.74, 6) is 2.33. The number of aromatic nitrogens is 3. The van der Waals surface area contributed by atoms with Gasteiger partial charge in [-0.2, -0.15) is 0 Å². The summed E-state index contributed by atoms with van der Waals surface area (Å²) in [4.78, 5) is 8.76. The molecule has 0 saturated carbocycles. The predicted molar refractivity (Wildman–Crippen MR) is 133 cm³/mol. The molecule has 0 amide bonds. The first-order valence-corrected chi connectivity index (χ1v) is 11.7. The maximum Gasteiger partial charge on any atom is 0.218 e. The van der Waals surface area contributed by atoms with Crippen molar-refractivity contribution in [2.75, 3.05) is 6.61 Å². The summed E-state index contributed by atoms with van der Waals surface area (Å²) in [5, 5.41) is 9.10. The Morgan fingerprint density at radius 2 is 1.94 bits per heavy atom. The Morgan fingerprint density at radius 1 is 1.06 bits per heavy atom. The summed E-state index contributed by atoms with van der Waals surface area (Å²) >= 11 is 0. The van der Waals surface area contributed by atoms with E-state index in [1.807, 2.05) is 36.5 Å². The van der Waals surface area contributed by atoms with Crippen LogP contribution in [0.15, 0.2) is 71.6 Å². The summed E-state index contributed by atoms with van der Waals surface area (Å²) in [6, 6.07) is 16.5. The third-order valence-corrected chi connectivity index (χ3v) is 5.59. The zero-order chi connectivity index (χ0) is 23.6. The number of rotatable bonds is 12. The van der Waals surface area contributed by atoms with Crippen molar-refractivity contribution >= 4 is 12.2 Å². The third kappa shape index (κ3) is 6.93. The van der Waals surface area contributed by atoms with Crippen molar-refractivity contribution in [3.63, 3.8) is 0 Å². The molecule has 6 nitrogen and oxygen atoms in total. The van der Waals surface area contributed by atoms with Crippen LogP contribution >= 0.6 is 0 Å². The average molecular weight is 458 g/mol. The number of benzene rings is 2. The number of imidazole rings is 1. The van der Waals surface area contributed by atoms with Crippen molar-refractivity contribution in [3.8, 4) is 5.75 Å². The molecule has 2 heterocycles. The van der Waals surface area contributed by atoms with Crippen molar-refractivity contribution in [1.29, 1.82) is 0 Å². The second kappa shape index (κ2) is 12.0. The van der Waals surface area contributed by atoms with Crippen molar-refractivity contribution in [2.45, 2.75) is 45.8 Å². The van der Waals surface area contributed by atoms with Crippen molar-refractivity contribution in [1.82, 2.24) is 14.5 Å². The SMILES string of the molecule is Cc1cccc(/C=C/c2nc(COc3ccc(CCCCn4ccnc4CCO)cc3)co2)c1. The lowest BCUT2D eigenvalue weighted by Crippen LogP contribution is -2.05. The number of unbranched alkanes of at least 4 members (excludes halogenated alkanes) is 1. The standard InChI is InChI=1S/C28H31N3O3/c1-22-5-4-7-24(19-22)10-13-28-30-25(21-34-28)20-33-26-11-8-23(9-12-26)6-2-3-16-31-17-15-29-27(31)14-18-32/h4-5,7-13,15,17,19,21,32H,2-3,6,14,16,18,20H2,1H3/b13-10+. The number of aliphatic hydroxyl groups excluding tert-OH is 1. The van der Waals surface area contributed by atoms with Gasteiger partial charge in [-0.25, -0.2) is 9.97 Å². The molecule has 0 unspecified atom stereocenters. The molecule has 0 aliphatic rings. The van der Waals surface area contributed by atoms with Crippen LogP contribution < -0.4 is 4.74 Å². The molecule has 2 aromatic heterocycles. The number of ether oxygens (including phenoxy) is 1. The van der Waals surface area contributed by atoms with E-state index >= 15 is 0 Å². The molecule has 1 N–H and O–H groups in total. The Labute approximate surface area is 200 Å². The fourth-order valence-corrected chi connectivity index (χ4v) is 3.80. The van der Waals surface area contributed by atoms with E-state index in [1.165, 1.54) is 11.1 Å². The Bertz CT molecular complexity index is 1190. The van der Waals surface area contributed by atoms with E-state index < -0.39 is 0 Å². The summed E-state index contributed by atoms with van der Waals surface area (Å²) in [5.41, 5.74) is 4.38. The Kier molecular flexibility index (Phi) is 8.30. The molecule has 6 heteroatoms. The zero-order valence-electron chi connectivity index (χ0n) is 19.6. The van der Waals surface area contributed by atoms with Crippen LogP contribution in [0.2, 0.25) is 0 Å². The van der Waals surface area contributed by atoms with Crippen LogP contribution in [-0.4, -0.2) is 26.2 Å². The van der Waals surface area contributed by atoms with Gasteiger partial charge in [-0.1, -0.05) is 42.0 Å². The molecule has 0 saturated heterocycles. The number of hydrogen-bond acceptors (Lipinski definition) is 5. The maximum atomic E-state index is 9.10. The third-order valence-electron chi connectivity index (χ3n) is 5.59. The molecule has 0 fully saturated rings. The summed E-state index contributed by atoms with van der Waals surface area (Å²) in [6.07, 6.45) is 13.1. The molecule has 4 rings (SSSR count). The van der Waals surface area contributed by atoms with Crippen molar-refractivity contribution < 1.29 is 14.3 Å². The van der Waals surface area contributed by atoms with Crippen molar-refractivity contribution in [3.05, 3.63) is 101 Å². The molecule has 0 atom stereocenters. The first kappa shape index (κ1) is 23.5. The van der Waals surface area contributed by atoms with Crippen LogP contribution in [0.4, 0.5) is 0 Å². The second-order valence-electron chi connectivity index (χ2n) is 8.32. The second-order valence-corrected chi connectivity index (χ2v) is 8.32. The molecule has 2 aromatic carbocycles. The van der Waals surface area contributed by atoms with Crippen LogP contribution in [-0.2, 0) is 26.0 Å². The summed E-state index contributed by atoms with van der Waals surface area (Å²) < 4.78 is 13.5. The number of nitrogens with zero attached hydrogens (tertiary/aromatic N) is 3. The maximum absolute atomic E-state index is 9.10. The molecule has 0 radical (unpaired) electrons. The Balaban J connectivity index is 1.19. The van der Waals surface area contributed by atoms with Gasteiger partial charge in [0.1, 0.15) is 30.1 Å². The van der Waals surface area contributed by atoms with Crippen LogP contribution in [0.25, 0.3) is 12.2 Å². The highest BCUT2D eigenvalue weighted by atomic mass is 16.5. The quantitative estimate of drug-likeness (QED) is 0.285. The van der Waals surface area contributed by atoms with Gasteiger partial charge in [-0.05, 0) is 55.5 Å². The highest BCUT2D eigenvalue weighted by Crippen LogP contribution is 2.17. The van der Waals surface area contributed by atoms with Crippen molar-refractivity contribution in [2.24, 2.45) is 0 Å². The smallest absolute Gasteiger partial charge is 0.218 e. The average Bonchev–Trinajstić information content (AvgIpc) is 3.50. The summed E-state index contributed by atoms with van der Waals surface area (Å²) in [7, 11) is 0. The fourth-order valence-electron chi connectivity index (χ4n) is 3.80.